The maximum atomic E-state index is 5.06. The van der Waals surface area contributed by atoms with E-state index in [0.29, 0.717) is 18.4 Å². The van der Waals surface area contributed by atoms with E-state index in [1.807, 2.05) is 6.92 Å². The first-order valence-electron chi connectivity index (χ1n) is 4.89. The number of methoxy groups -OCH3 is 1. The zero-order valence-corrected chi connectivity index (χ0v) is 9.19. The van der Waals surface area contributed by atoms with Gasteiger partial charge in [-0.25, -0.2) is 9.97 Å². The number of hydrogen-bond acceptors (Lipinski definition) is 5. The van der Waals surface area contributed by atoms with E-state index in [-0.39, 0.29) is 0 Å². The van der Waals surface area contributed by atoms with Crippen LogP contribution < -0.4 is 10.1 Å². The third-order valence-corrected chi connectivity index (χ3v) is 2.03. The fourth-order valence-electron chi connectivity index (χ4n) is 1.28. The summed E-state index contributed by atoms with van der Waals surface area (Å²) in [5.41, 5.74) is 1.84. The number of nitrogens with zero attached hydrogens (tertiary/aromatic N) is 3. The van der Waals surface area contributed by atoms with Gasteiger partial charge in [-0.15, -0.1) is 0 Å². The fourth-order valence-corrected chi connectivity index (χ4v) is 1.28. The largest absolute Gasteiger partial charge is 0.481 e. The summed E-state index contributed by atoms with van der Waals surface area (Å²) in [6.45, 7) is 2.50. The van der Waals surface area contributed by atoms with Gasteiger partial charge < -0.3 is 15.0 Å². The van der Waals surface area contributed by atoms with E-state index in [1.54, 1.807) is 25.7 Å². The summed E-state index contributed by atoms with van der Waals surface area (Å²) in [5.74, 6) is 1.10. The second-order valence-corrected chi connectivity index (χ2v) is 3.31. The molecule has 0 aliphatic heterocycles. The number of aryl methyl sites for hydroxylation is 1. The van der Waals surface area contributed by atoms with Gasteiger partial charge in [0.1, 0.15) is 0 Å². The molecule has 0 aliphatic rings. The van der Waals surface area contributed by atoms with Crippen LogP contribution in [0, 0.1) is 6.92 Å². The summed E-state index contributed by atoms with van der Waals surface area (Å²) in [6, 6.07) is 1.78. The molecule has 2 heterocycles. The number of aromatic nitrogens is 4. The molecular formula is C10H13N5O. The molecule has 0 aliphatic carbocycles. The highest BCUT2D eigenvalue weighted by Gasteiger charge is 2.02. The highest BCUT2D eigenvalue weighted by atomic mass is 16.5. The predicted octanol–water partition coefficient (Wildman–Crippen LogP) is 1.13. The number of imidazole rings is 1. The minimum absolute atomic E-state index is 0.548. The van der Waals surface area contributed by atoms with Gasteiger partial charge in [-0.05, 0) is 6.92 Å². The van der Waals surface area contributed by atoms with Crippen LogP contribution in [0.1, 0.15) is 11.4 Å². The van der Waals surface area contributed by atoms with Gasteiger partial charge in [0.05, 0.1) is 25.7 Å². The Hall–Kier alpha value is -2.11. The van der Waals surface area contributed by atoms with Crippen molar-refractivity contribution in [3.63, 3.8) is 0 Å². The first kappa shape index (κ1) is 10.4. The maximum absolute atomic E-state index is 5.06. The fraction of sp³-hybridized carbons (Fsp3) is 0.300. The number of ether oxygens (including phenoxy) is 1. The van der Waals surface area contributed by atoms with E-state index in [1.165, 1.54) is 0 Å². The zero-order valence-electron chi connectivity index (χ0n) is 9.19. The van der Waals surface area contributed by atoms with E-state index in [9.17, 15) is 0 Å². The highest BCUT2D eigenvalue weighted by Crippen LogP contribution is 2.11. The normalized spacial score (nSPS) is 10.1. The molecule has 0 fully saturated rings. The summed E-state index contributed by atoms with van der Waals surface area (Å²) in [7, 11) is 1.58. The molecule has 2 aromatic heterocycles. The Kier molecular flexibility index (Phi) is 3.00. The van der Waals surface area contributed by atoms with Crippen molar-refractivity contribution in [3.05, 3.63) is 30.0 Å². The van der Waals surface area contributed by atoms with Gasteiger partial charge in [0.2, 0.25) is 11.8 Å². The van der Waals surface area contributed by atoms with Crippen molar-refractivity contribution in [1.29, 1.82) is 0 Å². The topological polar surface area (TPSA) is 75.7 Å². The standard InChI is InChI=1S/C10H13N5O/c1-7-3-9(16-2)15-10(14-7)12-5-8-4-11-6-13-8/h3-4,6H,5H2,1-2H3,(H,11,13)(H,12,14,15). The van der Waals surface area contributed by atoms with Crippen LogP contribution >= 0.6 is 0 Å². The third kappa shape index (κ3) is 2.47. The molecule has 2 aromatic rings. The quantitative estimate of drug-likeness (QED) is 0.806. The summed E-state index contributed by atoms with van der Waals surface area (Å²) in [4.78, 5) is 15.3. The number of rotatable bonds is 4. The Labute approximate surface area is 93.1 Å². The molecule has 0 saturated carbocycles. The second-order valence-electron chi connectivity index (χ2n) is 3.31. The van der Waals surface area contributed by atoms with Crippen molar-refractivity contribution >= 4 is 5.95 Å². The van der Waals surface area contributed by atoms with Crippen LogP contribution in [0.2, 0.25) is 0 Å². The van der Waals surface area contributed by atoms with Crippen LogP contribution in [0.25, 0.3) is 0 Å². The molecule has 2 N–H and O–H groups in total. The van der Waals surface area contributed by atoms with Crippen molar-refractivity contribution in [2.75, 3.05) is 12.4 Å². The van der Waals surface area contributed by atoms with Gasteiger partial charge in [-0.3, -0.25) is 0 Å². The molecule has 16 heavy (non-hydrogen) atoms. The van der Waals surface area contributed by atoms with Gasteiger partial charge in [0.25, 0.3) is 0 Å². The van der Waals surface area contributed by atoms with E-state index < -0.39 is 0 Å². The molecule has 6 heteroatoms. The van der Waals surface area contributed by atoms with Crippen LogP contribution in [-0.4, -0.2) is 27.0 Å². The predicted molar refractivity (Wildman–Crippen MR) is 59.2 cm³/mol. The Morgan fingerprint density at radius 1 is 1.44 bits per heavy atom. The zero-order chi connectivity index (χ0) is 11.4. The number of nitrogens with one attached hydrogen (secondary N) is 2. The summed E-state index contributed by atoms with van der Waals surface area (Å²) < 4.78 is 5.06. The van der Waals surface area contributed by atoms with E-state index in [2.05, 4.69) is 25.3 Å². The number of anilines is 1. The van der Waals surface area contributed by atoms with Crippen LogP contribution in [0.5, 0.6) is 5.88 Å². The summed E-state index contributed by atoms with van der Waals surface area (Å²) >= 11 is 0. The molecule has 0 spiro atoms. The molecule has 2 rings (SSSR count). The first-order chi connectivity index (χ1) is 7.78. The second kappa shape index (κ2) is 4.61. The van der Waals surface area contributed by atoms with Crippen molar-refractivity contribution < 1.29 is 4.74 Å². The smallest absolute Gasteiger partial charge is 0.226 e. The van der Waals surface area contributed by atoms with E-state index in [4.69, 9.17) is 4.74 Å². The van der Waals surface area contributed by atoms with Gasteiger partial charge in [-0.2, -0.15) is 4.98 Å². The lowest BCUT2D eigenvalue weighted by Gasteiger charge is -2.06. The minimum atomic E-state index is 0.548. The lowest BCUT2D eigenvalue weighted by Crippen LogP contribution is -2.05. The lowest BCUT2D eigenvalue weighted by molar-refractivity contribution is 0.397. The summed E-state index contributed by atoms with van der Waals surface area (Å²) in [6.07, 6.45) is 3.38. The molecule has 6 nitrogen and oxygen atoms in total. The van der Waals surface area contributed by atoms with Crippen molar-refractivity contribution in [2.24, 2.45) is 0 Å². The number of aromatic amines is 1. The van der Waals surface area contributed by atoms with Gasteiger partial charge >= 0.3 is 0 Å². The Morgan fingerprint density at radius 3 is 3.00 bits per heavy atom. The van der Waals surface area contributed by atoms with Crippen molar-refractivity contribution in [3.8, 4) is 5.88 Å². The van der Waals surface area contributed by atoms with Gasteiger partial charge in [-0.1, -0.05) is 0 Å². The Morgan fingerprint density at radius 2 is 2.31 bits per heavy atom. The monoisotopic (exact) mass is 219 g/mol. The molecule has 84 valence electrons. The first-order valence-corrected chi connectivity index (χ1v) is 4.89. The van der Waals surface area contributed by atoms with Gasteiger partial charge in [0.15, 0.2) is 0 Å². The SMILES string of the molecule is COc1cc(C)nc(NCc2cnc[nH]2)n1. The molecule has 0 bridgehead atoms. The molecule has 0 saturated heterocycles. The molecule has 0 amide bonds. The van der Waals surface area contributed by atoms with Crippen molar-refractivity contribution in [2.45, 2.75) is 13.5 Å². The molecule has 0 atom stereocenters. The van der Waals surface area contributed by atoms with Gasteiger partial charge in [0, 0.05) is 18.0 Å². The average molecular weight is 219 g/mol. The van der Waals surface area contributed by atoms with Crippen LogP contribution in [0.3, 0.4) is 0 Å². The maximum Gasteiger partial charge on any atom is 0.226 e. The lowest BCUT2D eigenvalue weighted by atomic mass is 10.4. The Balaban J connectivity index is 2.06. The van der Waals surface area contributed by atoms with Crippen molar-refractivity contribution in [1.82, 2.24) is 19.9 Å². The molecule has 0 unspecified atom stereocenters. The average Bonchev–Trinajstić information content (AvgIpc) is 2.78. The van der Waals surface area contributed by atoms with Crippen LogP contribution in [0.15, 0.2) is 18.6 Å². The number of hydrogen-bond donors (Lipinski definition) is 2. The third-order valence-electron chi connectivity index (χ3n) is 2.03. The minimum Gasteiger partial charge on any atom is -0.481 e. The van der Waals surface area contributed by atoms with E-state index >= 15 is 0 Å². The highest BCUT2D eigenvalue weighted by molar-refractivity contribution is 5.30. The molecular weight excluding hydrogens is 206 g/mol. The summed E-state index contributed by atoms with van der Waals surface area (Å²) in [5, 5.41) is 3.09. The Bertz CT molecular complexity index is 454. The molecule has 0 radical (unpaired) electrons. The van der Waals surface area contributed by atoms with E-state index in [0.717, 1.165) is 11.4 Å². The van der Waals surface area contributed by atoms with Crippen LogP contribution in [0.4, 0.5) is 5.95 Å². The van der Waals surface area contributed by atoms with Crippen LogP contribution in [-0.2, 0) is 6.54 Å². The number of H-pyrrole nitrogens is 1. The molecule has 0 aromatic carbocycles.